The van der Waals surface area contributed by atoms with Crippen LogP contribution in [0.15, 0.2) is 17.3 Å². The van der Waals surface area contributed by atoms with E-state index in [1.165, 1.54) is 6.92 Å². The van der Waals surface area contributed by atoms with Gasteiger partial charge in [0.2, 0.25) is 0 Å². The number of benzene rings is 1. The van der Waals surface area contributed by atoms with E-state index in [1.54, 1.807) is 6.07 Å². The number of nitrogen functional groups attached to an aromatic ring is 1. The highest BCUT2D eigenvalue weighted by molar-refractivity contribution is 6.38. The summed E-state index contributed by atoms with van der Waals surface area (Å²) in [6.07, 6.45) is -4.63. The van der Waals surface area contributed by atoms with Gasteiger partial charge in [0.1, 0.15) is 17.6 Å². The Morgan fingerprint density at radius 3 is 2.33 bits per heavy atom. The maximum Gasteiger partial charge on any atom is 0.416 e. The average Bonchev–Trinajstić information content (AvgIpc) is 2.81. The normalized spacial score (nSPS) is 12.3. The first kappa shape index (κ1) is 17.9. The molecule has 3 N–H and O–H groups in total. The van der Waals surface area contributed by atoms with Gasteiger partial charge in [0.15, 0.2) is 5.69 Å². The van der Waals surface area contributed by atoms with Gasteiger partial charge in [-0.3, -0.25) is 0 Å². The van der Waals surface area contributed by atoms with Gasteiger partial charge < -0.3 is 10.9 Å². The number of anilines is 1. The maximum atomic E-state index is 12.8. The van der Waals surface area contributed by atoms with Crippen molar-refractivity contribution < 1.29 is 18.4 Å². The molecular formula is C13H8Cl2F3N5O. The lowest BCUT2D eigenvalue weighted by Crippen LogP contribution is -2.09. The van der Waals surface area contributed by atoms with E-state index in [2.05, 4.69) is 10.3 Å². The van der Waals surface area contributed by atoms with Gasteiger partial charge >= 0.3 is 6.18 Å². The molecule has 0 unspecified atom stereocenters. The number of hydrogen-bond acceptors (Lipinski definition) is 5. The van der Waals surface area contributed by atoms with Crippen LogP contribution in [0.5, 0.6) is 0 Å². The Morgan fingerprint density at radius 1 is 1.38 bits per heavy atom. The number of nitrogens with two attached hydrogens (primary N) is 1. The molecule has 0 atom stereocenters. The second-order valence-electron chi connectivity index (χ2n) is 4.60. The first-order chi connectivity index (χ1) is 11.1. The summed E-state index contributed by atoms with van der Waals surface area (Å²) in [5, 5.41) is 24.0. The minimum absolute atomic E-state index is 0.00513. The number of aromatic nitrogens is 2. The van der Waals surface area contributed by atoms with Gasteiger partial charge in [-0.1, -0.05) is 28.4 Å². The quantitative estimate of drug-likeness (QED) is 0.471. The second kappa shape index (κ2) is 6.22. The highest BCUT2D eigenvalue weighted by Gasteiger charge is 2.33. The van der Waals surface area contributed by atoms with Crippen molar-refractivity contribution in [2.45, 2.75) is 13.1 Å². The van der Waals surface area contributed by atoms with Crippen LogP contribution in [0.2, 0.25) is 10.0 Å². The van der Waals surface area contributed by atoms with E-state index in [0.29, 0.717) is 12.1 Å². The zero-order valence-electron chi connectivity index (χ0n) is 11.9. The molecule has 6 nitrogen and oxygen atoms in total. The molecular weight excluding hydrogens is 370 g/mol. The summed E-state index contributed by atoms with van der Waals surface area (Å²) in [5.74, 6) is -0.162. The third kappa shape index (κ3) is 2.98. The Morgan fingerprint density at radius 2 is 1.92 bits per heavy atom. The summed E-state index contributed by atoms with van der Waals surface area (Å²) in [6, 6.07) is 3.08. The van der Waals surface area contributed by atoms with Crippen molar-refractivity contribution in [1.82, 2.24) is 9.78 Å². The van der Waals surface area contributed by atoms with Crippen molar-refractivity contribution in [1.29, 1.82) is 5.26 Å². The largest absolute Gasteiger partial charge is 0.416 e. The monoisotopic (exact) mass is 377 g/mol. The standard InChI is InChI=1S/C13H8Cl2F3N5O/c1-5(22-24)10-9(4-19)21-23(12(10)20)11-7(14)2-6(3-8(11)15)13(16,17)18/h2-3,24H,20H2,1H3/b22-5+. The van der Waals surface area contributed by atoms with Crippen LogP contribution in [-0.2, 0) is 6.18 Å². The van der Waals surface area contributed by atoms with Crippen LogP contribution in [0.3, 0.4) is 0 Å². The van der Waals surface area contributed by atoms with Crippen LogP contribution in [0.25, 0.3) is 5.69 Å². The molecule has 1 aromatic carbocycles. The molecule has 11 heteroatoms. The molecule has 2 rings (SSSR count). The van der Waals surface area contributed by atoms with Crippen LogP contribution in [0.1, 0.15) is 23.7 Å². The first-order valence-corrected chi connectivity index (χ1v) is 6.91. The molecule has 0 aliphatic carbocycles. The fourth-order valence-electron chi connectivity index (χ4n) is 2.02. The van der Waals surface area contributed by atoms with Gasteiger partial charge in [0.25, 0.3) is 0 Å². The van der Waals surface area contributed by atoms with Crippen LogP contribution >= 0.6 is 23.2 Å². The molecule has 1 heterocycles. The third-order valence-corrected chi connectivity index (χ3v) is 3.67. The zero-order valence-corrected chi connectivity index (χ0v) is 13.4. The zero-order chi connectivity index (χ0) is 18.2. The average molecular weight is 378 g/mol. The Kier molecular flexibility index (Phi) is 4.64. The fourth-order valence-corrected chi connectivity index (χ4v) is 2.67. The predicted octanol–water partition coefficient (Wildman–Crippen LogP) is 3.85. The molecule has 1 aromatic heterocycles. The Balaban J connectivity index is 2.75. The van der Waals surface area contributed by atoms with Crippen LogP contribution in [0.4, 0.5) is 19.0 Å². The van der Waals surface area contributed by atoms with Crippen molar-refractivity contribution in [3.05, 3.63) is 39.0 Å². The molecule has 24 heavy (non-hydrogen) atoms. The van der Waals surface area contributed by atoms with E-state index in [1.807, 2.05) is 0 Å². The molecule has 0 spiro atoms. The minimum atomic E-state index is -4.63. The SMILES string of the molecule is C/C(=N\O)c1c(C#N)nn(-c2c(Cl)cc(C(F)(F)F)cc2Cl)c1N. The van der Waals surface area contributed by atoms with E-state index in [9.17, 15) is 13.2 Å². The summed E-state index contributed by atoms with van der Waals surface area (Å²) < 4.78 is 39.3. The molecule has 126 valence electrons. The summed E-state index contributed by atoms with van der Waals surface area (Å²) in [6.45, 7) is 1.37. The van der Waals surface area contributed by atoms with Gasteiger partial charge in [-0.05, 0) is 19.1 Å². The number of nitriles is 1. The Labute approximate surface area is 143 Å². The molecule has 0 bridgehead atoms. The van der Waals surface area contributed by atoms with Gasteiger partial charge in [0.05, 0.1) is 26.9 Å². The fraction of sp³-hybridized carbons (Fsp3) is 0.154. The van der Waals surface area contributed by atoms with Gasteiger partial charge in [0, 0.05) is 0 Å². The van der Waals surface area contributed by atoms with Crippen molar-refractivity contribution in [2.24, 2.45) is 5.16 Å². The first-order valence-electron chi connectivity index (χ1n) is 6.16. The lowest BCUT2D eigenvalue weighted by molar-refractivity contribution is -0.137. The van der Waals surface area contributed by atoms with E-state index in [-0.39, 0.29) is 38.5 Å². The number of halogens is 5. The number of oxime groups is 1. The number of nitrogens with zero attached hydrogens (tertiary/aromatic N) is 4. The molecule has 0 saturated heterocycles. The lowest BCUT2D eigenvalue weighted by Gasteiger charge is -2.13. The smallest absolute Gasteiger partial charge is 0.411 e. The van der Waals surface area contributed by atoms with Gasteiger partial charge in [-0.2, -0.15) is 23.5 Å². The molecule has 0 radical (unpaired) electrons. The molecule has 0 amide bonds. The maximum absolute atomic E-state index is 12.8. The van der Waals surface area contributed by atoms with E-state index >= 15 is 0 Å². The molecule has 2 aromatic rings. The second-order valence-corrected chi connectivity index (χ2v) is 5.42. The van der Waals surface area contributed by atoms with Crippen LogP contribution in [-0.4, -0.2) is 20.7 Å². The van der Waals surface area contributed by atoms with E-state index in [0.717, 1.165) is 4.68 Å². The van der Waals surface area contributed by atoms with Crippen molar-refractivity contribution >= 4 is 34.7 Å². The van der Waals surface area contributed by atoms with E-state index in [4.69, 9.17) is 39.4 Å². The summed E-state index contributed by atoms with van der Waals surface area (Å²) >= 11 is 11.8. The minimum Gasteiger partial charge on any atom is -0.411 e. The summed E-state index contributed by atoms with van der Waals surface area (Å²) in [7, 11) is 0. The molecule has 0 aliphatic heterocycles. The molecule has 0 fully saturated rings. The topological polar surface area (TPSA) is 100 Å². The highest BCUT2D eigenvalue weighted by atomic mass is 35.5. The summed E-state index contributed by atoms with van der Waals surface area (Å²) in [4.78, 5) is 0. The van der Waals surface area contributed by atoms with Crippen molar-refractivity contribution in [3.63, 3.8) is 0 Å². The Hall–Kier alpha value is -2.44. The van der Waals surface area contributed by atoms with Crippen LogP contribution < -0.4 is 5.73 Å². The molecule has 0 saturated carbocycles. The third-order valence-electron chi connectivity index (χ3n) is 3.09. The Bertz CT molecular complexity index is 860. The van der Waals surface area contributed by atoms with E-state index < -0.39 is 11.7 Å². The van der Waals surface area contributed by atoms with Crippen molar-refractivity contribution in [2.75, 3.05) is 5.73 Å². The van der Waals surface area contributed by atoms with Gasteiger partial charge in [-0.15, -0.1) is 0 Å². The van der Waals surface area contributed by atoms with Crippen LogP contribution in [0, 0.1) is 11.3 Å². The molecule has 0 aliphatic rings. The lowest BCUT2D eigenvalue weighted by atomic mass is 10.1. The van der Waals surface area contributed by atoms with Crippen molar-refractivity contribution in [3.8, 4) is 11.8 Å². The highest BCUT2D eigenvalue weighted by Crippen LogP contribution is 2.38. The summed E-state index contributed by atoms with van der Waals surface area (Å²) in [5.41, 5.74) is 4.52. The number of hydrogen-bond donors (Lipinski definition) is 2. The number of rotatable bonds is 2. The van der Waals surface area contributed by atoms with Gasteiger partial charge in [-0.25, -0.2) is 4.68 Å². The predicted molar refractivity (Wildman–Crippen MR) is 81.7 cm³/mol. The number of alkyl halides is 3.